The molecule has 1 aliphatic heterocycles. The fourth-order valence-corrected chi connectivity index (χ4v) is 3.05. The van der Waals surface area contributed by atoms with Gasteiger partial charge >= 0.3 is 0 Å². The van der Waals surface area contributed by atoms with E-state index in [1.807, 2.05) is 13.8 Å². The van der Waals surface area contributed by atoms with Crippen LogP contribution >= 0.6 is 12.6 Å². The van der Waals surface area contributed by atoms with Crippen LogP contribution in [0.2, 0.25) is 0 Å². The van der Waals surface area contributed by atoms with E-state index in [0.29, 0.717) is 29.2 Å². The minimum absolute atomic E-state index is 0.178. The first-order chi connectivity index (χ1) is 11.8. The number of imidazole rings is 1. The smallest absolute Gasteiger partial charge is 0.167 e. The Morgan fingerprint density at radius 3 is 2.64 bits per heavy atom. The van der Waals surface area contributed by atoms with Gasteiger partial charge in [0.25, 0.3) is 0 Å². The van der Waals surface area contributed by atoms with Crippen LogP contribution in [0.3, 0.4) is 0 Å². The number of thiol groups is 1. The SMILES string of the molecule is CC(C)(CS)Cc1nc2c(N)ncnc2n1[C@@H]1O[C@H](CO)C(O)C1O. The number of fused-ring (bicyclic) bond motifs is 1. The minimum atomic E-state index is -1.23. The van der Waals surface area contributed by atoms with Crippen molar-refractivity contribution in [2.75, 3.05) is 18.1 Å². The lowest BCUT2D eigenvalue weighted by molar-refractivity contribution is -0.0526. The van der Waals surface area contributed by atoms with E-state index in [-0.39, 0.29) is 11.2 Å². The number of hydrogen-bond donors (Lipinski definition) is 5. The molecule has 2 aromatic heterocycles. The summed E-state index contributed by atoms with van der Waals surface area (Å²) in [5, 5.41) is 29.8. The summed E-state index contributed by atoms with van der Waals surface area (Å²) in [6, 6.07) is 0. The maximum absolute atomic E-state index is 10.4. The first-order valence-electron chi connectivity index (χ1n) is 7.99. The van der Waals surface area contributed by atoms with E-state index < -0.39 is 31.1 Å². The number of aliphatic hydroxyl groups is 3. The molecular formula is C15H23N5O4S. The fraction of sp³-hybridized carbons (Fsp3) is 0.667. The van der Waals surface area contributed by atoms with Crippen molar-refractivity contribution in [3.63, 3.8) is 0 Å². The molecule has 0 radical (unpaired) electrons. The molecule has 1 fully saturated rings. The Labute approximate surface area is 150 Å². The van der Waals surface area contributed by atoms with Crippen LogP contribution in [-0.4, -0.2) is 65.5 Å². The maximum atomic E-state index is 10.4. The average molecular weight is 369 g/mol. The van der Waals surface area contributed by atoms with Gasteiger partial charge in [-0.25, -0.2) is 15.0 Å². The van der Waals surface area contributed by atoms with Gasteiger partial charge in [0.05, 0.1) is 6.61 Å². The number of rotatable bonds is 5. The Morgan fingerprint density at radius 1 is 1.32 bits per heavy atom. The number of anilines is 1. The molecule has 10 heteroatoms. The molecule has 3 heterocycles. The van der Waals surface area contributed by atoms with Crippen LogP contribution in [0.1, 0.15) is 25.9 Å². The minimum Gasteiger partial charge on any atom is -0.394 e. The van der Waals surface area contributed by atoms with Crippen LogP contribution in [0.4, 0.5) is 5.82 Å². The van der Waals surface area contributed by atoms with E-state index in [1.165, 1.54) is 6.33 Å². The maximum Gasteiger partial charge on any atom is 0.167 e. The van der Waals surface area contributed by atoms with Crippen LogP contribution in [0.15, 0.2) is 6.33 Å². The number of nitrogen functional groups attached to an aromatic ring is 1. The zero-order valence-corrected chi connectivity index (χ0v) is 15.0. The van der Waals surface area contributed by atoms with Gasteiger partial charge in [0.15, 0.2) is 23.2 Å². The number of aromatic nitrogens is 4. The third-order valence-corrected chi connectivity index (χ3v) is 5.27. The second kappa shape index (κ2) is 6.69. The van der Waals surface area contributed by atoms with Crippen LogP contribution in [0.5, 0.6) is 0 Å². The monoisotopic (exact) mass is 369 g/mol. The van der Waals surface area contributed by atoms with Crippen LogP contribution in [0, 0.1) is 5.41 Å². The lowest BCUT2D eigenvalue weighted by atomic mass is 9.91. The predicted octanol–water partition coefficient (Wildman–Crippen LogP) is -0.482. The summed E-state index contributed by atoms with van der Waals surface area (Å²) in [7, 11) is 0. The van der Waals surface area contributed by atoms with Gasteiger partial charge in [-0.15, -0.1) is 0 Å². The molecule has 2 aromatic rings. The molecule has 0 aliphatic carbocycles. The molecule has 0 saturated carbocycles. The van der Waals surface area contributed by atoms with E-state index in [4.69, 9.17) is 10.5 Å². The zero-order valence-electron chi connectivity index (χ0n) is 14.1. The molecule has 3 rings (SSSR count). The average Bonchev–Trinajstić information content (AvgIpc) is 3.06. The van der Waals surface area contributed by atoms with Gasteiger partial charge in [0.2, 0.25) is 0 Å². The standard InChI is InChI=1S/C15H23N5O4S/c1-15(2,5-25)3-8-19-9-12(16)17-6-18-13(9)20(8)14-11(23)10(22)7(4-21)24-14/h6-7,10-11,14,21-23,25H,3-5H2,1-2H3,(H2,16,17,18)/t7-,10?,11?,14-/m1/s1. The summed E-state index contributed by atoms with van der Waals surface area (Å²) in [5.74, 6) is 1.43. The molecule has 138 valence electrons. The molecule has 2 unspecified atom stereocenters. The fourth-order valence-electron chi connectivity index (χ4n) is 2.94. The van der Waals surface area contributed by atoms with Gasteiger partial charge < -0.3 is 25.8 Å². The van der Waals surface area contributed by atoms with Crippen molar-refractivity contribution in [3.05, 3.63) is 12.2 Å². The molecule has 25 heavy (non-hydrogen) atoms. The number of nitrogens with zero attached hydrogens (tertiary/aromatic N) is 4. The summed E-state index contributed by atoms with van der Waals surface area (Å²) < 4.78 is 7.30. The third kappa shape index (κ3) is 3.20. The Hall–Kier alpha value is -1.46. The lowest BCUT2D eigenvalue weighted by Crippen LogP contribution is -2.33. The van der Waals surface area contributed by atoms with Crippen molar-refractivity contribution in [2.45, 2.75) is 44.8 Å². The first-order valence-corrected chi connectivity index (χ1v) is 8.63. The van der Waals surface area contributed by atoms with Gasteiger partial charge in [-0.2, -0.15) is 12.6 Å². The van der Waals surface area contributed by atoms with Crippen LogP contribution in [0.25, 0.3) is 11.2 Å². The van der Waals surface area contributed by atoms with Crippen molar-refractivity contribution in [2.24, 2.45) is 5.41 Å². The summed E-state index contributed by atoms with van der Waals surface area (Å²) in [4.78, 5) is 12.7. The second-order valence-corrected chi connectivity index (χ2v) is 7.37. The molecular weight excluding hydrogens is 346 g/mol. The van der Waals surface area contributed by atoms with Gasteiger partial charge in [0.1, 0.15) is 30.5 Å². The molecule has 1 aliphatic rings. The Morgan fingerprint density at radius 2 is 2.04 bits per heavy atom. The molecule has 0 aromatic carbocycles. The van der Waals surface area contributed by atoms with E-state index in [0.717, 1.165) is 0 Å². The number of aliphatic hydroxyl groups excluding tert-OH is 3. The van der Waals surface area contributed by atoms with Gasteiger partial charge in [-0.1, -0.05) is 13.8 Å². The largest absolute Gasteiger partial charge is 0.394 e. The van der Waals surface area contributed by atoms with E-state index in [2.05, 4.69) is 27.6 Å². The Kier molecular flexibility index (Phi) is 4.91. The predicted molar refractivity (Wildman–Crippen MR) is 94.1 cm³/mol. The summed E-state index contributed by atoms with van der Waals surface area (Å²) >= 11 is 4.38. The Bertz CT molecular complexity index is 768. The molecule has 0 spiro atoms. The van der Waals surface area contributed by atoms with E-state index >= 15 is 0 Å². The van der Waals surface area contributed by atoms with E-state index in [1.54, 1.807) is 4.57 Å². The van der Waals surface area contributed by atoms with Crippen LogP contribution < -0.4 is 5.73 Å². The Balaban J connectivity index is 2.13. The molecule has 5 N–H and O–H groups in total. The van der Waals surface area contributed by atoms with Crippen molar-refractivity contribution < 1.29 is 20.1 Å². The molecule has 0 bridgehead atoms. The van der Waals surface area contributed by atoms with Crippen molar-refractivity contribution in [1.82, 2.24) is 19.5 Å². The highest BCUT2D eigenvalue weighted by molar-refractivity contribution is 7.80. The number of ether oxygens (including phenoxy) is 1. The molecule has 9 nitrogen and oxygen atoms in total. The van der Waals surface area contributed by atoms with Crippen molar-refractivity contribution in [1.29, 1.82) is 0 Å². The quantitative estimate of drug-likeness (QED) is 0.445. The third-order valence-electron chi connectivity index (χ3n) is 4.41. The van der Waals surface area contributed by atoms with E-state index in [9.17, 15) is 15.3 Å². The molecule has 4 atom stereocenters. The number of hydrogen-bond acceptors (Lipinski definition) is 9. The molecule has 0 amide bonds. The summed E-state index contributed by atoms with van der Waals surface area (Å²) in [5.41, 5.74) is 6.55. The number of nitrogens with two attached hydrogens (primary N) is 1. The first kappa shape index (κ1) is 18.3. The summed E-state index contributed by atoms with van der Waals surface area (Å²) in [6.45, 7) is 3.67. The summed E-state index contributed by atoms with van der Waals surface area (Å²) in [6.07, 6.45) is -2.43. The highest BCUT2D eigenvalue weighted by atomic mass is 32.1. The molecule has 1 saturated heterocycles. The van der Waals surface area contributed by atoms with Gasteiger partial charge in [0, 0.05) is 6.42 Å². The lowest BCUT2D eigenvalue weighted by Gasteiger charge is -2.24. The van der Waals surface area contributed by atoms with Gasteiger partial charge in [-0.05, 0) is 11.2 Å². The van der Waals surface area contributed by atoms with Crippen molar-refractivity contribution in [3.8, 4) is 0 Å². The van der Waals surface area contributed by atoms with Crippen LogP contribution in [-0.2, 0) is 11.2 Å². The van der Waals surface area contributed by atoms with Gasteiger partial charge in [-0.3, -0.25) is 4.57 Å². The zero-order chi connectivity index (χ0) is 18.4. The highest BCUT2D eigenvalue weighted by Crippen LogP contribution is 2.35. The van der Waals surface area contributed by atoms with Crippen molar-refractivity contribution >= 4 is 29.6 Å². The normalized spacial score (nSPS) is 27.3. The highest BCUT2D eigenvalue weighted by Gasteiger charge is 2.45. The second-order valence-electron chi connectivity index (χ2n) is 7.06. The topological polar surface area (TPSA) is 140 Å².